The molecule has 144 valence electrons. The van der Waals surface area contributed by atoms with E-state index in [-0.39, 0.29) is 5.91 Å². The van der Waals surface area contributed by atoms with Crippen LogP contribution < -0.4 is 10.6 Å². The summed E-state index contributed by atoms with van der Waals surface area (Å²) in [5, 5.41) is 11.0. The molecule has 0 saturated heterocycles. The lowest BCUT2D eigenvalue weighted by Gasteiger charge is -2.14. The Kier molecular flexibility index (Phi) is 6.45. The van der Waals surface area contributed by atoms with Crippen molar-refractivity contribution >= 4 is 5.91 Å². The molecule has 2 aromatic rings. The zero-order valence-corrected chi connectivity index (χ0v) is 16.6. The first-order valence-electron chi connectivity index (χ1n) is 9.76. The van der Waals surface area contributed by atoms with Gasteiger partial charge in [-0.15, -0.1) is 0 Å². The average Bonchev–Trinajstić information content (AvgIpc) is 2.94. The van der Waals surface area contributed by atoms with Gasteiger partial charge in [0, 0.05) is 25.2 Å². The van der Waals surface area contributed by atoms with Gasteiger partial charge in [0.1, 0.15) is 0 Å². The summed E-state index contributed by atoms with van der Waals surface area (Å²) in [6, 6.07) is 8.55. The molecule has 0 unspecified atom stereocenters. The summed E-state index contributed by atoms with van der Waals surface area (Å²) in [6.45, 7) is 9.57. The first-order valence-corrected chi connectivity index (χ1v) is 9.76. The number of nitrogens with one attached hydrogen (secondary N) is 2. The third kappa shape index (κ3) is 5.30. The van der Waals surface area contributed by atoms with E-state index in [0.29, 0.717) is 13.0 Å². The van der Waals surface area contributed by atoms with Crippen molar-refractivity contribution in [1.29, 1.82) is 0 Å². The Labute approximate surface area is 161 Å². The Morgan fingerprint density at radius 3 is 2.70 bits per heavy atom. The fourth-order valence-electron chi connectivity index (χ4n) is 3.49. The molecule has 0 saturated carbocycles. The molecule has 1 aliphatic heterocycles. The monoisotopic (exact) mass is 366 g/mol. The summed E-state index contributed by atoms with van der Waals surface area (Å²) in [5.41, 5.74) is 7.19. The van der Waals surface area contributed by atoms with E-state index in [2.05, 4.69) is 54.8 Å². The van der Waals surface area contributed by atoms with Crippen molar-refractivity contribution in [3.63, 3.8) is 0 Å². The van der Waals surface area contributed by atoms with Gasteiger partial charge in [-0.1, -0.05) is 41.5 Å². The van der Waals surface area contributed by atoms with Crippen LogP contribution in [0.4, 0.5) is 0 Å². The molecule has 2 N–H and O–H groups in total. The highest BCUT2D eigenvalue weighted by Crippen LogP contribution is 2.17. The lowest BCUT2D eigenvalue weighted by atomic mass is 10.1. The highest BCUT2D eigenvalue weighted by atomic mass is 16.1. The topological polar surface area (TPSA) is 59.0 Å². The number of rotatable bonds is 7. The summed E-state index contributed by atoms with van der Waals surface area (Å²) in [4.78, 5) is 12.2. The molecular weight excluding hydrogens is 336 g/mol. The van der Waals surface area contributed by atoms with Gasteiger partial charge in [0.15, 0.2) is 0 Å². The van der Waals surface area contributed by atoms with Crippen LogP contribution in [0.2, 0.25) is 0 Å². The highest BCUT2D eigenvalue weighted by Gasteiger charge is 2.14. The van der Waals surface area contributed by atoms with Crippen LogP contribution in [0.1, 0.15) is 40.9 Å². The fraction of sp³-hybridized carbons (Fsp3) is 0.455. The Bertz CT molecular complexity index is 818. The second-order valence-electron chi connectivity index (χ2n) is 7.39. The van der Waals surface area contributed by atoms with Crippen molar-refractivity contribution in [2.75, 3.05) is 19.6 Å². The van der Waals surface area contributed by atoms with Gasteiger partial charge in [0.05, 0.1) is 12.2 Å². The lowest BCUT2D eigenvalue weighted by molar-refractivity contribution is -0.120. The van der Waals surface area contributed by atoms with Crippen molar-refractivity contribution in [3.05, 3.63) is 64.0 Å². The van der Waals surface area contributed by atoms with Crippen molar-refractivity contribution in [3.8, 4) is 0 Å². The first kappa shape index (κ1) is 19.4. The second-order valence-corrected chi connectivity index (χ2v) is 7.39. The molecule has 1 aromatic carbocycles. The molecule has 0 fully saturated rings. The Hall–Kier alpha value is -2.40. The molecule has 0 bridgehead atoms. The van der Waals surface area contributed by atoms with Crippen molar-refractivity contribution in [2.24, 2.45) is 0 Å². The molecular formula is C22H30N4O. The van der Waals surface area contributed by atoms with Crippen LogP contribution in [0.3, 0.4) is 0 Å². The van der Waals surface area contributed by atoms with Crippen LogP contribution >= 0.6 is 0 Å². The molecule has 5 nitrogen and oxygen atoms in total. The number of benzene rings is 1. The normalized spacial score (nSPS) is 14.1. The molecule has 2 heterocycles. The summed E-state index contributed by atoms with van der Waals surface area (Å²) < 4.78 is 2.05. The Morgan fingerprint density at radius 1 is 1.22 bits per heavy atom. The maximum absolute atomic E-state index is 12.2. The molecule has 1 aliphatic rings. The Balaban J connectivity index is 1.55. The van der Waals surface area contributed by atoms with Crippen LogP contribution in [0.25, 0.3) is 0 Å². The van der Waals surface area contributed by atoms with Crippen molar-refractivity contribution < 1.29 is 4.79 Å². The van der Waals surface area contributed by atoms with E-state index in [1.807, 2.05) is 11.6 Å². The van der Waals surface area contributed by atoms with E-state index >= 15 is 0 Å². The average molecular weight is 367 g/mol. The van der Waals surface area contributed by atoms with Gasteiger partial charge in [-0.25, -0.2) is 0 Å². The van der Waals surface area contributed by atoms with Gasteiger partial charge in [-0.3, -0.25) is 9.48 Å². The number of carbonyl (C=O) groups is 1. The molecule has 1 amide bonds. The van der Waals surface area contributed by atoms with Gasteiger partial charge < -0.3 is 10.6 Å². The third-order valence-electron chi connectivity index (χ3n) is 5.26. The lowest BCUT2D eigenvalue weighted by Crippen LogP contribution is -2.29. The second kappa shape index (κ2) is 9.00. The smallest absolute Gasteiger partial charge is 0.220 e. The van der Waals surface area contributed by atoms with Crippen molar-refractivity contribution in [1.82, 2.24) is 20.4 Å². The number of carbonyl (C=O) groups excluding carboxylic acids is 1. The minimum Gasteiger partial charge on any atom is -0.352 e. The molecule has 0 spiro atoms. The molecule has 3 rings (SSSR count). The molecule has 5 heteroatoms. The molecule has 0 radical (unpaired) electrons. The first-order chi connectivity index (χ1) is 13.0. The quantitative estimate of drug-likeness (QED) is 0.741. The maximum Gasteiger partial charge on any atom is 0.220 e. The number of amides is 1. The molecule has 0 atom stereocenters. The van der Waals surface area contributed by atoms with Gasteiger partial charge in [0.2, 0.25) is 5.91 Å². The number of aryl methyl sites for hydroxylation is 2. The van der Waals surface area contributed by atoms with Crippen molar-refractivity contribution in [2.45, 2.75) is 46.6 Å². The van der Waals surface area contributed by atoms with E-state index < -0.39 is 0 Å². The minimum absolute atomic E-state index is 0.111. The van der Waals surface area contributed by atoms with E-state index in [1.165, 1.54) is 22.3 Å². The zero-order valence-electron chi connectivity index (χ0n) is 16.6. The van der Waals surface area contributed by atoms with Crippen LogP contribution in [0.15, 0.2) is 35.9 Å². The van der Waals surface area contributed by atoms with E-state index in [0.717, 1.165) is 43.9 Å². The zero-order chi connectivity index (χ0) is 19.2. The van der Waals surface area contributed by atoms with Crippen LogP contribution in [-0.2, 0) is 17.8 Å². The van der Waals surface area contributed by atoms with E-state index in [4.69, 9.17) is 5.10 Å². The maximum atomic E-state index is 12.2. The fourth-order valence-corrected chi connectivity index (χ4v) is 3.49. The minimum atomic E-state index is 0.111. The van der Waals surface area contributed by atoms with E-state index in [1.54, 1.807) is 0 Å². The summed E-state index contributed by atoms with van der Waals surface area (Å²) in [6.07, 6.45) is 4.43. The van der Waals surface area contributed by atoms with Crippen LogP contribution in [0.5, 0.6) is 0 Å². The largest absolute Gasteiger partial charge is 0.352 e. The van der Waals surface area contributed by atoms with Gasteiger partial charge in [0.25, 0.3) is 0 Å². The van der Waals surface area contributed by atoms with Gasteiger partial charge >= 0.3 is 0 Å². The van der Waals surface area contributed by atoms with Crippen LogP contribution in [-0.4, -0.2) is 35.3 Å². The number of nitrogens with zero attached hydrogens (tertiary/aromatic N) is 2. The molecule has 0 aliphatic carbocycles. The van der Waals surface area contributed by atoms with Gasteiger partial charge in [-0.2, -0.15) is 5.10 Å². The number of hydrogen-bond donors (Lipinski definition) is 2. The standard InChI is InChI=1S/C22H30N4O/c1-16-4-6-20(7-5-16)15-26-18(3)21(17(2)25-26)8-9-22(27)24-14-19-10-12-23-13-11-19/h4-7,10,23H,8-9,11-15H2,1-3H3,(H,24,27). The number of hydrogen-bond acceptors (Lipinski definition) is 3. The predicted octanol–water partition coefficient (Wildman–Crippen LogP) is 2.83. The summed E-state index contributed by atoms with van der Waals surface area (Å²) in [7, 11) is 0. The summed E-state index contributed by atoms with van der Waals surface area (Å²) >= 11 is 0. The highest BCUT2D eigenvalue weighted by molar-refractivity contribution is 5.76. The van der Waals surface area contributed by atoms with Crippen LogP contribution in [0, 0.1) is 20.8 Å². The predicted molar refractivity (Wildman–Crippen MR) is 109 cm³/mol. The third-order valence-corrected chi connectivity index (χ3v) is 5.26. The number of aromatic nitrogens is 2. The molecule has 1 aromatic heterocycles. The Morgan fingerprint density at radius 2 is 2.00 bits per heavy atom. The molecule has 27 heavy (non-hydrogen) atoms. The SMILES string of the molecule is Cc1ccc(Cn2nc(C)c(CCC(=O)NCC3=CCNCC3)c2C)cc1. The van der Waals surface area contributed by atoms with Gasteiger partial charge in [-0.05, 0) is 51.3 Å². The summed E-state index contributed by atoms with van der Waals surface area (Å²) in [5.74, 6) is 0.111. The van der Waals surface area contributed by atoms with E-state index in [9.17, 15) is 4.79 Å².